The molecule has 0 fully saturated rings. The molecule has 1 atom stereocenters. The van der Waals surface area contributed by atoms with Gasteiger partial charge in [-0.05, 0) is 31.4 Å². The summed E-state index contributed by atoms with van der Waals surface area (Å²) in [5.41, 5.74) is 0. The van der Waals surface area contributed by atoms with Crippen LogP contribution in [0, 0.1) is 5.92 Å². The molecule has 0 aromatic heterocycles. The Morgan fingerprint density at radius 1 is 1.14 bits per heavy atom. The molecular formula is C15H24N2O3S. The van der Waals surface area contributed by atoms with Gasteiger partial charge in [-0.2, -0.15) is 0 Å². The average molecular weight is 312 g/mol. The third kappa shape index (κ3) is 6.16. The molecule has 0 unspecified atom stereocenters. The number of carbonyl (C=O) groups excluding carboxylic acids is 1. The summed E-state index contributed by atoms with van der Waals surface area (Å²) < 4.78 is 24.0. The molecule has 0 saturated heterocycles. The van der Waals surface area contributed by atoms with E-state index in [-0.39, 0.29) is 17.8 Å². The van der Waals surface area contributed by atoms with Crippen molar-refractivity contribution in [3.8, 4) is 0 Å². The van der Waals surface area contributed by atoms with Crippen molar-refractivity contribution in [3.05, 3.63) is 30.3 Å². The molecule has 0 aliphatic carbocycles. The lowest BCUT2D eigenvalue weighted by molar-refractivity contribution is 0.234. The number of carbonyl (C=O) groups is 1. The summed E-state index contributed by atoms with van der Waals surface area (Å²) >= 11 is 0. The Labute approximate surface area is 127 Å². The molecule has 21 heavy (non-hydrogen) atoms. The molecule has 2 amide bonds. The van der Waals surface area contributed by atoms with Crippen molar-refractivity contribution in [2.24, 2.45) is 5.92 Å². The van der Waals surface area contributed by atoms with E-state index in [1.165, 1.54) is 0 Å². The van der Waals surface area contributed by atoms with Gasteiger partial charge in [0.1, 0.15) is 0 Å². The van der Waals surface area contributed by atoms with E-state index in [0.717, 1.165) is 0 Å². The van der Waals surface area contributed by atoms with Gasteiger partial charge in [0.05, 0.1) is 10.6 Å². The second-order valence-electron chi connectivity index (χ2n) is 5.42. The fraction of sp³-hybridized carbons (Fsp3) is 0.533. The molecule has 1 rings (SSSR count). The summed E-state index contributed by atoms with van der Waals surface area (Å²) in [6.07, 6.45) is 0.390. The Balaban J connectivity index is 2.33. The van der Waals surface area contributed by atoms with Crippen LogP contribution in [-0.2, 0) is 9.84 Å². The molecule has 1 aromatic rings. The van der Waals surface area contributed by atoms with Crippen molar-refractivity contribution in [1.82, 2.24) is 10.6 Å². The van der Waals surface area contributed by atoms with Crippen LogP contribution in [0.5, 0.6) is 0 Å². The summed E-state index contributed by atoms with van der Waals surface area (Å²) in [5, 5.41) is 5.49. The van der Waals surface area contributed by atoms with Crippen molar-refractivity contribution in [3.63, 3.8) is 0 Å². The predicted molar refractivity (Wildman–Crippen MR) is 83.9 cm³/mol. The van der Waals surface area contributed by atoms with Crippen molar-refractivity contribution >= 4 is 15.9 Å². The Morgan fingerprint density at radius 3 is 2.33 bits per heavy atom. The largest absolute Gasteiger partial charge is 0.338 e. The maximum absolute atomic E-state index is 12.0. The van der Waals surface area contributed by atoms with Crippen LogP contribution in [0.3, 0.4) is 0 Å². The smallest absolute Gasteiger partial charge is 0.315 e. The van der Waals surface area contributed by atoms with E-state index in [4.69, 9.17) is 0 Å². The van der Waals surface area contributed by atoms with E-state index in [1.54, 1.807) is 30.3 Å². The van der Waals surface area contributed by atoms with Crippen LogP contribution in [0.15, 0.2) is 35.2 Å². The monoisotopic (exact) mass is 312 g/mol. The molecule has 2 N–H and O–H groups in total. The van der Waals surface area contributed by atoms with Gasteiger partial charge in [-0.1, -0.05) is 32.0 Å². The highest BCUT2D eigenvalue weighted by Gasteiger charge is 2.14. The summed E-state index contributed by atoms with van der Waals surface area (Å²) in [6, 6.07) is 8.17. The zero-order chi connectivity index (χ0) is 15.9. The minimum atomic E-state index is -3.27. The van der Waals surface area contributed by atoms with Gasteiger partial charge in [0.25, 0.3) is 0 Å². The molecule has 6 heteroatoms. The van der Waals surface area contributed by atoms with E-state index in [0.29, 0.717) is 23.8 Å². The van der Waals surface area contributed by atoms with Gasteiger partial charge in [-0.3, -0.25) is 0 Å². The molecule has 0 spiro atoms. The van der Waals surface area contributed by atoms with Crippen molar-refractivity contribution in [2.45, 2.75) is 38.1 Å². The van der Waals surface area contributed by atoms with E-state index < -0.39 is 9.84 Å². The molecular weight excluding hydrogens is 288 g/mol. The SMILES string of the molecule is CC(C)[C@@H](C)NC(=O)NCCCS(=O)(=O)c1ccccc1. The first kappa shape index (κ1) is 17.5. The lowest BCUT2D eigenvalue weighted by Gasteiger charge is -2.17. The average Bonchev–Trinajstić information content (AvgIpc) is 2.44. The van der Waals surface area contributed by atoms with Crippen LogP contribution in [-0.4, -0.2) is 32.8 Å². The number of urea groups is 1. The molecule has 0 aliphatic rings. The van der Waals surface area contributed by atoms with Gasteiger partial charge in [-0.15, -0.1) is 0 Å². The molecule has 118 valence electrons. The van der Waals surface area contributed by atoms with E-state index in [9.17, 15) is 13.2 Å². The number of benzene rings is 1. The molecule has 0 aliphatic heterocycles. The van der Waals surface area contributed by atoms with Crippen molar-refractivity contribution < 1.29 is 13.2 Å². The van der Waals surface area contributed by atoms with Crippen LogP contribution in [0.25, 0.3) is 0 Å². The van der Waals surface area contributed by atoms with Crippen LogP contribution in [0.1, 0.15) is 27.2 Å². The number of rotatable bonds is 7. The normalized spacial score (nSPS) is 13.0. The van der Waals surface area contributed by atoms with Gasteiger partial charge >= 0.3 is 6.03 Å². The minimum absolute atomic E-state index is 0.0248. The van der Waals surface area contributed by atoms with Crippen LogP contribution in [0.2, 0.25) is 0 Å². The van der Waals surface area contributed by atoms with Gasteiger partial charge in [0, 0.05) is 12.6 Å². The zero-order valence-corrected chi connectivity index (χ0v) is 13.6. The minimum Gasteiger partial charge on any atom is -0.338 e. The fourth-order valence-corrected chi connectivity index (χ4v) is 2.97. The quantitative estimate of drug-likeness (QED) is 0.758. The highest BCUT2D eigenvalue weighted by atomic mass is 32.2. The lowest BCUT2D eigenvalue weighted by atomic mass is 10.1. The molecule has 0 bridgehead atoms. The lowest BCUT2D eigenvalue weighted by Crippen LogP contribution is -2.43. The molecule has 0 heterocycles. The van der Waals surface area contributed by atoms with Gasteiger partial charge < -0.3 is 10.6 Å². The maximum Gasteiger partial charge on any atom is 0.315 e. The Hall–Kier alpha value is -1.56. The summed E-state index contributed by atoms with van der Waals surface area (Å²) in [6.45, 7) is 6.32. The first-order chi connectivity index (χ1) is 9.83. The first-order valence-electron chi connectivity index (χ1n) is 7.15. The number of nitrogens with one attached hydrogen (secondary N) is 2. The first-order valence-corrected chi connectivity index (χ1v) is 8.80. The van der Waals surface area contributed by atoms with Gasteiger partial charge in [0.15, 0.2) is 9.84 Å². The van der Waals surface area contributed by atoms with Gasteiger partial charge in [0.2, 0.25) is 0 Å². The summed E-state index contributed by atoms with van der Waals surface area (Å²) in [5.74, 6) is 0.381. The number of hydrogen-bond donors (Lipinski definition) is 2. The van der Waals surface area contributed by atoms with Crippen LogP contribution in [0.4, 0.5) is 4.79 Å². The van der Waals surface area contributed by atoms with Crippen molar-refractivity contribution in [2.75, 3.05) is 12.3 Å². The second-order valence-corrected chi connectivity index (χ2v) is 7.53. The fourth-order valence-electron chi connectivity index (χ4n) is 1.63. The number of amides is 2. The maximum atomic E-state index is 12.0. The van der Waals surface area contributed by atoms with E-state index in [2.05, 4.69) is 10.6 Å². The Bertz CT molecular complexity index is 541. The molecule has 0 saturated carbocycles. The van der Waals surface area contributed by atoms with E-state index in [1.807, 2.05) is 20.8 Å². The third-order valence-corrected chi connectivity index (χ3v) is 5.15. The Morgan fingerprint density at radius 2 is 1.76 bits per heavy atom. The third-order valence-electron chi connectivity index (χ3n) is 3.34. The summed E-state index contributed by atoms with van der Waals surface area (Å²) in [7, 11) is -3.27. The topological polar surface area (TPSA) is 75.3 Å². The Kier molecular flexibility index (Phi) is 6.68. The molecule has 5 nitrogen and oxygen atoms in total. The standard InChI is InChI=1S/C15H24N2O3S/c1-12(2)13(3)17-15(18)16-10-7-11-21(19,20)14-8-5-4-6-9-14/h4-6,8-9,12-13H,7,10-11H2,1-3H3,(H2,16,17,18)/t13-/m1/s1. The summed E-state index contributed by atoms with van der Waals surface area (Å²) in [4.78, 5) is 11.9. The number of sulfone groups is 1. The highest BCUT2D eigenvalue weighted by molar-refractivity contribution is 7.91. The molecule has 1 aromatic carbocycles. The van der Waals surface area contributed by atoms with Crippen LogP contribution < -0.4 is 10.6 Å². The van der Waals surface area contributed by atoms with Crippen LogP contribution >= 0.6 is 0 Å². The van der Waals surface area contributed by atoms with Crippen molar-refractivity contribution in [1.29, 1.82) is 0 Å². The predicted octanol–water partition coefficient (Wildman–Crippen LogP) is 2.19. The second kappa shape index (κ2) is 8.02. The van der Waals surface area contributed by atoms with Gasteiger partial charge in [-0.25, -0.2) is 13.2 Å². The molecule has 0 radical (unpaired) electrons. The zero-order valence-electron chi connectivity index (χ0n) is 12.8. The highest BCUT2D eigenvalue weighted by Crippen LogP contribution is 2.10. The number of hydrogen-bond acceptors (Lipinski definition) is 3. The van der Waals surface area contributed by atoms with E-state index >= 15 is 0 Å².